The average Bonchev–Trinajstić information content (AvgIpc) is 3.11. The Morgan fingerprint density at radius 1 is 0.347 bits per heavy atom. The van der Waals surface area contributed by atoms with Gasteiger partial charge in [0.05, 0.1) is 5.92 Å². The van der Waals surface area contributed by atoms with Crippen molar-refractivity contribution in [2.45, 2.75) is 258 Å². The third-order valence-electron chi connectivity index (χ3n) is 10.3. The lowest BCUT2D eigenvalue weighted by Crippen LogP contribution is -2.24. The fraction of sp³-hybridized carbons (Fsp3) is 0.932. The van der Waals surface area contributed by atoms with Gasteiger partial charge in [-0.15, -0.1) is 0 Å². The first-order valence-electron chi connectivity index (χ1n) is 22.0. The Kier molecular flexibility index (Phi) is 38.3. The van der Waals surface area contributed by atoms with Crippen molar-refractivity contribution in [3.8, 4) is 0 Å². The van der Waals surface area contributed by atoms with Crippen LogP contribution in [0.2, 0.25) is 0 Å². The molecule has 0 aliphatic rings. The molecule has 0 fully saturated rings. The van der Waals surface area contributed by atoms with Crippen LogP contribution in [0.4, 0.5) is 0 Å². The fourth-order valence-corrected chi connectivity index (χ4v) is 6.91. The van der Waals surface area contributed by atoms with Crippen LogP contribution in [0, 0.1) is 5.92 Å². The molecule has 5 nitrogen and oxygen atoms in total. The maximum atomic E-state index is 12.9. The molecule has 5 heteroatoms. The number of rotatable bonds is 39. The Balaban J connectivity index is 4.10. The maximum absolute atomic E-state index is 12.9. The third-order valence-corrected chi connectivity index (χ3v) is 10.3. The molecule has 0 saturated carbocycles. The maximum Gasteiger partial charge on any atom is 0.421 e. The molecule has 0 rings (SSSR count). The molecule has 1 unspecified atom stereocenters. The summed E-state index contributed by atoms with van der Waals surface area (Å²) in [6.45, 7) is 6.75. The van der Waals surface area contributed by atoms with Gasteiger partial charge in [-0.05, 0) is 19.3 Å². The van der Waals surface area contributed by atoms with Crippen molar-refractivity contribution in [2.75, 3.05) is 0 Å². The Morgan fingerprint density at radius 2 is 0.612 bits per heavy atom. The van der Waals surface area contributed by atoms with Crippen molar-refractivity contribution in [1.82, 2.24) is 0 Å². The summed E-state index contributed by atoms with van der Waals surface area (Å²) in [5.41, 5.74) is 0. The van der Waals surface area contributed by atoms with Crippen LogP contribution in [0.15, 0.2) is 0 Å². The lowest BCUT2D eigenvalue weighted by Gasteiger charge is -2.14. The van der Waals surface area contributed by atoms with Crippen molar-refractivity contribution in [2.24, 2.45) is 5.92 Å². The van der Waals surface area contributed by atoms with Crippen LogP contribution in [0.3, 0.4) is 0 Å². The van der Waals surface area contributed by atoms with E-state index in [-0.39, 0.29) is 12.3 Å². The lowest BCUT2D eigenvalue weighted by molar-refractivity contribution is -0.260. The summed E-state index contributed by atoms with van der Waals surface area (Å²) < 4.78 is 0. The topological polar surface area (TPSA) is 69.7 Å². The van der Waals surface area contributed by atoms with Gasteiger partial charge in [0.2, 0.25) is 5.78 Å². The number of carbonyl (C=O) groups excluding carboxylic acids is 3. The van der Waals surface area contributed by atoms with Gasteiger partial charge < -0.3 is 0 Å². The van der Waals surface area contributed by atoms with E-state index in [4.69, 9.17) is 9.78 Å². The molecule has 0 saturated heterocycles. The number of Topliss-reactive ketones (excluding diaryl/α,β-unsaturated/α-hetero) is 1. The first-order valence-corrected chi connectivity index (χ1v) is 22.0. The zero-order valence-electron chi connectivity index (χ0n) is 33.3. The number of unbranched alkanes of at least 4 members (excludes halogenated alkanes) is 31. The molecule has 0 spiro atoms. The van der Waals surface area contributed by atoms with Gasteiger partial charge in [0.1, 0.15) is 0 Å². The van der Waals surface area contributed by atoms with E-state index in [1.165, 1.54) is 173 Å². The summed E-state index contributed by atoms with van der Waals surface area (Å²) in [7, 11) is 0. The molecule has 0 aliphatic heterocycles. The van der Waals surface area contributed by atoms with Crippen molar-refractivity contribution < 1.29 is 24.2 Å². The van der Waals surface area contributed by atoms with E-state index in [2.05, 4.69) is 20.8 Å². The van der Waals surface area contributed by atoms with Gasteiger partial charge in [0.25, 0.3) is 0 Å². The normalized spacial score (nSPS) is 11.9. The minimum atomic E-state index is -1.03. The van der Waals surface area contributed by atoms with Crippen LogP contribution >= 0.6 is 0 Å². The highest BCUT2D eigenvalue weighted by molar-refractivity contribution is 6.33. The van der Waals surface area contributed by atoms with Crippen LogP contribution in [0.1, 0.15) is 258 Å². The fourth-order valence-electron chi connectivity index (χ4n) is 6.91. The zero-order valence-corrected chi connectivity index (χ0v) is 33.3. The van der Waals surface area contributed by atoms with E-state index >= 15 is 0 Å². The van der Waals surface area contributed by atoms with Crippen LogP contribution in [-0.4, -0.2) is 17.7 Å². The van der Waals surface area contributed by atoms with Gasteiger partial charge in [0.15, 0.2) is 0 Å². The average molecular weight is 693 g/mol. The molecule has 0 aliphatic carbocycles. The summed E-state index contributed by atoms with van der Waals surface area (Å²) in [4.78, 5) is 47.2. The van der Waals surface area contributed by atoms with E-state index in [9.17, 15) is 14.4 Å². The minimum Gasteiger partial charge on any atom is -0.287 e. The molecular weight excluding hydrogens is 608 g/mol. The predicted octanol–water partition coefficient (Wildman–Crippen LogP) is 14.7. The molecule has 0 aromatic heterocycles. The molecule has 0 bridgehead atoms. The van der Waals surface area contributed by atoms with Gasteiger partial charge in [0, 0.05) is 6.42 Å². The predicted molar refractivity (Wildman–Crippen MR) is 209 cm³/mol. The monoisotopic (exact) mass is 693 g/mol. The molecule has 0 aromatic rings. The van der Waals surface area contributed by atoms with E-state index in [0.29, 0.717) is 6.42 Å². The highest BCUT2D eigenvalue weighted by atomic mass is 17.2. The number of ketones is 1. The summed E-state index contributed by atoms with van der Waals surface area (Å²) >= 11 is 0. The summed E-state index contributed by atoms with van der Waals surface area (Å²) in [5, 5.41) is 0. The van der Waals surface area contributed by atoms with E-state index in [1.54, 1.807) is 0 Å². The SMILES string of the molecule is CCCCCCCCCCCCCCCCC(=O)C(=O)OOC(=O)C(CCCCCCCC)CCCCCCCCCCCCCCCC. The van der Waals surface area contributed by atoms with Crippen molar-refractivity contribution in [1.29, 1.82) is 0 Å². The van der Waals surface area contributed by atoms with Crippen molar-refractivity contribution in [3.05, 3.63) is 0 Å². The second-order valence-corrected chi connectivity index (χ2v) is 15.2. The second-order valence-electron chi connectivity index (χ2n) is 15.2. The van der Waals surface area contributed by atoms with E-state index in [1.807, 2.05) is 0 Å². The van der Waals surface area contributed by atoms with Gasteiger partial charge in [-0.3, -0.25) is 4.79 Å². The Labute approximate surface area is 305 Å². The first kappa shape index (κ1) is 47.6. The number of carbonyl (C=O) groups is 3. The summed E-state index contributed by atoms with van der Waals surface area (Å²) in [6.07, 6.45) is 44.3. The van der Waals surface area contributed by atoms with Crippen molar-refractivity contribution in [3.63, 3.8) is 0 Å². The van der Waals surface area contributed by atoms with Crippen molar-refractivity contribution >= 4 is 17.7 Å². The Bertz CT molecular complexity index is 720. The highest BCUT2D eigenvalue weighted by Gasteiger charge is 2.24. The molecule has 49 heavy (non-hydrogen) atoms. The zero-order chi connectivity index (χ0) is 35.9. The highest BCUT2D eigenvalue weighted by Crippen LogP contribution is 2.22. The summed E-state index contributed by atoms with van der Waals surface area (Å²) in [6, 6.07) is 0. The van der Waals surface area contributed by atoms with Gasteiger partial charge in [-0.25, -0.2) is 19.4 Å². The number of hydrogen-bond donors (Lipinski definition) is 0. The van der Waals surface area contributed by atoms with E-state index < -0.39 is 17.7 Å². The molecule has 0 heterocycles. The largest absolute Gasteiger partial charge is 0.421 e. The van der Waals surface area contributed by atoms with Crippen LogP contribution < -0.4 is 0 Å². The smallest absolute Gasteiger partial charge is 0.287 e. The van der Waals surface area contributed by atoms with Gasteiger partial charge in [-0.1, -0.05) is 233 Å². The van der Waals surface area contributed by atoms with Crippen LogP contribution in [0.5, 0.6) is 0 Å². The van der Waals surface area contributed by atoms with Crippen LogP contribution in [0.25, 0.3) is 0 Å². The first-order chi connectivity index (χ1) is 24.1. The van der Waals surface area contributed by atoms with E-state index in [0.717, 1.165) is 51.4 Å². The second kappa shape index (κ2) is 39.4. The molecule has 290 valence electrons. The molecule has 0 N–H and O–H groups in total. The van der Waals surface area contributed by atoms with Gasteiger partial charge in [-0.2, -0.15) is 0 Å². The quantitative estimate of drug-likeness (QED) is 0.0277. The van der Waals surface area contributed by atoms with Gasteiger partial charge >= 0.3 is 11.9 Å². The minimum absolute atomic E-state index is 0.161. The lowest BCUT2D eigenvalue weighted by atomic mass is 9.94. The molecule has 1 atom stereocenters. The molecule has 0 amide bonds. The standard InChI is InChI=1S/C44H84O5/c1-4-7-10-13-16-18-20-22-24-26-28-30-33-36-39-41(38-35-32-15-12-9-6-3)43(46)48-49-44(47)42(45)40-37-34-31-29-27-25-23-21-19-17-14-11-8-5-2/h41H,4-40H2,1-3H3. The molecule has 0 aromatic carbocycles. The third kappa shape index (κ3) is 34.8. The molecular formula is C44H84O5. The Morgan fingerprint density at radius 3 is 0.918 bits per heavy atom. The number of hydrogen-bond acceptors (Lipinski definition) is 5. The van der Waals surface area contributed by atoms with Crippen LogP contribution in [-0.2, 0) is 24.2 Å². The summed E-state index contributed by atoms with van der Waals surface area (Å²) in [5.74, 6) is -2.37. The Hall–Kier alpha value is -1.39. The molecule has 0 radical (unpaired) electrons.